The standard InChI is InChI=1S/C10H6O2.C8H8N2/c11-9-5-6-10(12)8-4-2-1-3-7(8)9;9-8-5-6-3-1-2-4-7(6)10-8/h1-6H;1-5,10H,9H2. The molecule has 1 aromatic heterocycles. The number of H-pyrrole nitrogens is 1. The highest BCUT2D eigenvalue weighted by molar-refractivity contribution is 6.21. The molecule has 0 amide bonds. The summed E-state index contributed by atoms with van der Waals surface area (Å²) < 4.78 is 0. The zero-order valence-corrected chi connectivity index (χ0v) is 11.7. The summed E-state index contributed by atoms with van der Waals surface area (Å²) in [4.78, 5) is 25.4. The number of aromatic amines is 1. The molecule has 108 valence electrons. The van der Waals surface area contributed by atoms with Gasteiger partial charge in [0.15, 0.2) is 11.6 Å². The van der Waals surface area contributed by atoms with Gasteiger partial charge in [0.25, 0.3) is 0 Å². The van der Waals surface area contributed by atoms with Crippen LogP contribution in [0.2, 0.25) is 0 Å². The highest BCUT2D eigenvalue weighted by Crippen LogP contribution is 2.16. The van der Waals surface area contributed by atoms with Crippen LogP contribution in [-0.2, 0) is 0 Å². The number of hydrogen-bond donors (Lipinski definition) is 2. The number of ketones is 2. The molecule has 0 fully saturated rings. The number of anilines is 1. The van der Waals surface area contributed by atoms with Gasteiger partial charge in [-0.05, 0) is 24.3 Å². The average molecular weight is 290 g/mol. The Labute approximate surface area is 127 Å². The van der Waals surface area contributed by atoms with Crippen LogP contribution in [0.3, 0.4) is 0 Å². The van der Waals surface area contributed by atoms with Crippen molar-refractivity contribution in [2.75, 3.05) is 5.73 Å². The van der Waals surface area contributed by atoms with E-state index in [-0.39, 0.29) is 11.6 Å². The van der Waals surface area contributed by atoms with Crippen molar-refractivity contribution in [3.63, 3.8) is 0 Å². The molecule has 3 aromatic rings. The SMILES string of the molecule is Nc1cc2ccccc2[nH]1.O=C1C=CC(=O)c2ccccc21. The van der Waals surface area contributed by atoms with Crippen LogP contribution in [0, 0.1) is 0 Å². The quantitative estimate of drug-likeness (QED) is 0.666. The lowest BCUT2D eigenvalue weighted by Crippen LogP contribution is -2.10. The third-order valence-corrected chi connectivity index (χ3v) is 3.39. The number of nitrogens with one attached hydrogen (secondary N) is 1. The van der Waals surface area contributed by atoms with Gasteiger partial charge in [-0.2, -0.15) is 0 Å². The molecule has 4 heteroatoms. The number of rotatable bonds is 0. The van der Waals surface area contributed by atoms with Gasteiger partial charge < -0.3 is 10.7 Å². The van der Waals surface area contributed by atoms with Crippen molar-refractivity contribution >= 4 is 28.3 Å². The number of benzene rings is 2. The average Bonchev–Trinajstić information content (AvgIpc) is 2.92. The molecule has 0 aliphatic heterocycles. The number of carbonyl (C=O) groups is 2. The van der Waals surface area contributed by atoms with Crippen LogP contribution in [0.15, 0.2) is 66.7 Å². The number of carbonyl (C=O) groups excluding carboxylic acids is 2. The molecule has 1 aliphatic carbocycles. The van der Waals surface area contributed by atoms with E-state index in [4.69, 9.17) is 5.73 Å². The summed E-state index contributed by atoms with van der Waals surface area (Å²) in [5, 5.41) is 1.17. The third kappa shape index (κ3) is 2.67. The van der Waals surface area contributed by atoms with Crippen molar-refractivity contribution in [2.45, 2.75) is 0 Å². The number of nitrogen functional groups attached to an aromatic ring is 1. The van der Waals surface area contributed by atoms with E-state index in [1.165, 1.54) is 17.5 Å². The Kier molecular flexibility index (Phi) is 3.58. The molecular formula is C18H14N2O2. The van der Waals surface area contributed by atoms with Gasteiger partial charge in [0.2, 0.25) is 0 Å². The van der Waals surface area contributed by atoms with Crippen LogP contribution >= 0.6 is 0 Å². The molecule has 4 nitrogen and oxygen atoms in total. The fourth-order valence-electron chi connectivity index (χ4n) is 2.34. The van der Waals surface area contributed by atoms with Gasteiger partial charge in [-0.3, -0.25) is 9.59 Å². The molecule has 0 saturated heterocycles. The minimum atomic E-state index is -0.0924. The maximum Gasteiger partial charge on any atom is 0.186 e. The topological polar surface area (TPSA) is 76.0 Å². The van der Waals surface area contributed by atoms with Crippen LogP contribution in [0.25, 0.3) is 10.9 Å². The van der Waals surface area contributed by atoms with Crippen LogP contribution in [0.1, 0.15) is 20.7 Å². The fourth-order valence-corrected chi connectivity index (χ4v) is 2.34. The van der Waals surface area contributed by atoms with Gasteiger partial charge >= 0.3 is 0 Å². The Morgan fingerprint density at radius 3 is 1.91 bits per heavy atom. The number of nitrogens with two attached hydrogens (primary N) is 1. The molecule has 0 unspecified atom stereocenters. The summed E-state index contributed by atoms with van der Waals surface area (Å²) in [6.45, 7) is 0. The summed E-state index contributed by atoms with van der Waals surface area (Å²) in [6, 6.07) is 16.8. The van der Waals surface area contributed by atoms with Gasteiger partial charge in [-0.25, -0.2) is 0 Å². The van der Waals surface area contributed by atoms with Crippen LogP contribution in [0.5, 0.6) is 0 Å². The predicted molar refractivity (Wildman–Crippen MR) is 87.0 cm³/mol. The molecule has 0 bridgehead atoms. The first-order chi connectivity index (χ1) is 10.6. The third-order valence-electron chi connectivity index (χ3n) is 3.39. The van der Waals surface area contributed by atoms with Crippen molar-refractivity contribution in [2.24, 2.45) is 0 Å². The van der Waals surface area contributed by atoms with E-state index in [0.717, 1.165) is 11.3 Å². The summed E-state index contributed by atoms with van der Waals surface area (Å²) in [5.74, 6) is 0.539. The van der Waals surface area contributed by atoms with E-state index in [2.05, 4.69) is 4.98 Å². The normalized spacial score (nSPS) is 12.7. The number of aromatic nitrogens is 1. The lowest BCUT2D eigenvalue weighted by Gasteiger charge is -2.06. The maximum atomic E-state index is 11.2. The van der Waals surface area contributed by atoms with Gasteiger partial charge in [0, 0.05) is 22.0 Å². The highest BCUT2D eigenvalue weighted by atomic mass is 16.1. The molecule has 3 N–H and O–H groups in total. The summed E-state index contributed by atoms with van der Waals surface area (Å²) in [7, 11) is 0. The Morgan fingerprint density at radius 1 is 0.773 bits per heavy atom. The zero-order valence-electron chi connectivity index (χ0n) is 11.7. The Bertz CT molecular complexity index is 821. The van der Waals surface area contributed by atoms with Crippen molar-refractivity contribution < 1.29 is 9.59 Å². The molecule has 0 radical (unpaired) electrons. The van der Waals surface area contributed by atoms with E-state index in [1.807, 2.05) is 30.3 Å². The van der Waals surface area contributed by atoms with Crippen molar-refractivity contribution in [1.82, 2.24) is 4.98 Å². The molecular weight excluding hydrogens is 276 g/mol. The molecule has 4 rings (SSSR count). The van der Waals surface area contributed by atoms with Crippen molar-refractivity contribution in [1.29, 1.82) is 0 Å². The van der Waals surface area contributed by atoms with E-state index < -0.39 is 0 Å². The summed E-state index contributed by atoms with van der Waals surface area (Å²) in [6.07, 6.45) is 2.62. The molecule has 0 spiro atoms. The van der Waals surface area contributed by atoms with Crippen LogP contribution in [0.4, 0.5) is 5.82 Å². The minimum Gasteiger partial charge on any atom is -0.385 e. The van der Waals surface area contributed by atoms with Crippen molar-refractivity contribution in [3.05, 3.63) is 77.9 Å². The predicted octanol–water partition coefficient (Wildman–Crippen LogP) is 3.37. The monoisotopic (exact) mass is 290 g/mol. The highest BCUT2D eigenvalue weighted by Gasteiger charge is 2.16. The van der Waals surface area contributed by atoms with Crippen LogP contribution in [-0.4, -0.2) is 16.6 Å². The minimum absolute atomic E-state index is 0.0924. The fraction of sp³-hybridized carbons (Fsp3) is 0. The van der Waals surface area contributed by atoms with Gasteiger partial charge in [0.05, 0.1) is 0 Å². The largest absolute Gasteiger partial charge is 0.385 e. The smallest absolute Gasteiger partial charge is 0.186 e. The van der Waals surface area contributed by atoms with E-state index in [1.54, 1.807) is 24.3 Å². The molecule has 1 aliphatic rings. The van der Waals surface area contributed by atoms with Gasteiger partial charge in [-0.15, -0.1) is 0 Å². The molecule has 0 atom stereocenters. The number of para-hydroxylation sites is 1. The Balaban J connectivity index is 0.000000133. The van der Waals surface area contributed by atoms with Gasteiger partial charge in [-0.1, -0.05) is 42.5 Å². The maximum absolute atomic E-state index is 11.2. The Morgan fingerprint density at radius 2 is 1.32 bits per heavy atom. The number of allylic oxidation sites excluding steroid dienone is 2. The second-order valence-corrected chi connectivity index (χ2v) is 4.92. The first-order valence-corrected chi connectivity index (χ1v) is 6.84. The second-order valence-electron chi connectivity index (χ2n) is 4.92. The molecule has 0 saturated carbocycles. The van der Waals surface area contributed by atoms with Crippen LogP contribution < -0.4 is 5.73 Å². The lowest BCUT2D eigenvalue weighted by molar-refractivity contribution is 0.0994. The van der Waals surface area contributed by atoms with E-state index in [9.17, 15) is 9.59 Å². The molecule has 22 heavy (non-hydrogen) atoms. The second kappa shape index (κ2) is 5.69. The zero-order chi connectivity index (χ0) is 15.5. The lowest BCUT2D eigenvalue weighted by atomic mass is 9.95. The van der Waals surface area contributed by atoms with Gasteiger partial charge in [0.1, 0.15) is 5.82 Å². The Hall–Kier alpha value is -3.14. The van der Waals surface area contributed by atoms with E-state index in [0.29, 0.717) is 11.1 Å². The summed E-state index contributed by atoms with van der Waals surface area (Å²) in [5.41, 5.74) is 7.64. The molecule has 1 heterocycles. The number of fused-ring (bicyclic) bond motifs is 2. The van der Waals surface area contributed by atoms with E-state index >= 15 is 0 Å². The summed E-state index contributed by atoms with van der Waals surface area (Å²) >= 11 is 0. The first-order valence-electron chi connectivity index (χ1n) is 6.84. The first kappa shape index (κ1) is 13.8. The molecule has 2 aromatic carbocycles. The van der Waals surface area contributed by atoms with Crippen molar-refractivity contribution in [3.8, 4) is 0 Å². The number of hydrogen-bond acceptors (Lipinski definition) is 3.